The first-order valence-electron chi connectivity index (χ1n) is 14.2. The first kappa shape index (κ1) is 29.0. The van der Waals surface area contributed by atoms with Crippen LogP contribution in [0.15, 0.2) is 36.0 Å². The molecule has 2 aromatic heterocycles. The molecule has 1 aromatic carbocycles. The number of carbonyl (C=O) groups is 3. The fourth-order valence-electron chi connectivity index (χ4n) is 5.00. The summed E-state index contributed by atoms with van der Waals surface area (Å²) in [6.45, 7) is 3.79. The second-order valence-electron chi connectivity index (χ2n) is 11.0. The lowest BCUT2D eigenvalue weighted by Crippen LogP contribution is -2.45. The molecule has 2 N–H and O–H groups in total. The number of likely N-dealkylation sites (tertiary alicyclic amines) is 1. The van der Waals surface area contributed by atoms with Crippen molar-refractivity contribution in [1.82, 2.24) is 29.3 Å². The number of amides is 2. The Bertz CT molecular complexity index is 1600. The Morgan fingerprint density at radius 1 is 1.19 bits per heavy atom. The van der Waals surface area contributed by atoms with E-state index in [2.05, 4.69) is 37.6 Å². The summed E-state index contributed by atoms with van der Waals surface area (Å²) < 4.78 is 21.3. The minimum atomic E-state index is -0.539. The number of carbonyl (C=O) groups excluding carboxylic acids is 3. The smallest absolute Gasteiger partial charge is 0.308 e. The quantitative estimate of drug-likeness (QED) is 0.201. The Hall–Kier alpha value is -4.07. The second kappa shape index (κ2) is 12.3. The maximum Gasteiger partial charge on any atom is 0.308 e. The third-order valence-corrected chi connectivity index (χ3v) is 7.93. The molecule has 12 nitrogen and oxygen atoms in total. The van der Waals surface area contributed by atoms with E-state index < -0.39 is 30.3 Å². The van der Waals surface area contributed by atoms with Crippen LogP contribution in [0.5, 0.6) is 0 Å². The zero-order valence-electron chi connectivity index (χ0n) is 23.7. The Morgan fingerprint density at radius 3 is 2.74 bits per heavy atom. The number of rotatable bonds is 10. The molecular weight excluding hydrogens is 579 g/mol. The van der Waals surface area contributed by atoms with Crippen molar-refractivity contribution in [3.63, 3.8) is 0 Å². The maximum absolute atomic E-state index is 14.4. The van der Waals surface area contributed by atoms with E-state index in [1.165, 1.54) is 18.2 Å². The number of ether oxygens (including phenoxy) is 1. The third-order valence-electron chi connectivity index (χ3n) is 7.69. The first-order valence-corrected chi connectivity index (χ1v) is 14.6. The topological polar surface area (TPSA) is 124 Å². The molecule has 6 rings (SSSR count). The Balaban J connectivity index is 1.16. The average molecular weight is 611 g/mol. The predicted molar refractivity (Wildman–Crippen MR) is 158 cm³/mol. The van der Waals surface area contributed by atoms with E-state index in [-0.39, 0.29) is 24.1 Å². The number of nitrogens with zero attached hydrogens (tertiary/aromatic N) is 6. The number of aromatic nitrogens is 3. The molecule has 0 atom stereocenters. The van der Waals surface area contributed by atoms with Gasteiger partial charge in [-0.25, -0.2) is 14.3 Å². The summed E-state index contributed by atoms with van der Waals surface area (Å²) in [4.78, 5) is 48.1. The van der Waals surface area contributed by atoms with Crippen molar-refractivity contribution in [1.29, 1.82) is 0 Å². The molecule has 0 bridgehead atoms. The largest absolute Gasteiger partial charge is 0.444 e. The van der Waals surface area contributed by atoms with E-state index >= 15 is 0 Å². The number of halogens is 2. The van der Waals surface area contributed by atoms with Gasteiger partial charge in [0.2, 0.25) is 5.91 Å². The molecular formula is C29H32ClFN8O4. The van der Waals surface area contributed by atoms with Gasteiger partial charge in [-0.3, -0.25) is 14.4 Å². The number of benzene rings is 1. The van der Waals surface area contributed by atoms with Crippen molar-refractivity contribution in [2.24, 2.45) is 0 Å². The molecule has 3 aliphatic rings. The van der Waals surface area contributed by atoms with Gasteiger partial charge in [0, 0.05) is 61.0 Å². The van der Waals surface area contributed by atoms with Gasteiger partial charge in [0.1, 0.15) is 17.5 Å². The van der Waals surface area contributed by atoms with Gasteiger partial charge < -0.3 is 25.2 Å². The minimum absolute atomic E-state index is 0.145. The van der Waals surface area contributed by atoms with Crippen molar-refractivity contribution >= 4 is 58.4 Å². The molecule has 3 fully saturated rings. The van der Waals surface area contributed by atoms with E-state index in [1.54, 1.807) is 22.9 Å². The fourth-order valence-corrected chi connectivity index (χ4v) is 5.17. The van der Waals surface area contributed by atoms with E-state index in [0.717, 1.165) is 43.9 Å². The number of fused-ring (bicyclic) bond motifs is 1. The number of imide groups is 1. The predicted octanol–water partition coefficient (Wildman–Crippen LogP) is 3.12. The van der Waals surface area contributed by atoms with Gasteiger partial charge in [0.25, 0.3) is 5.91 Å². The first-order chi connectivity index (χ1) is 20.7. The number of hydrogen-bond donors (Lipinski definition) is 2. The Morgan fingerprint density at radius 2 is 1.98 bits per heavy atom. The highest BCUT2D eigenvalue weighted by atomic mass is 35.5. The van der Waals surface area contributed by atoms with E-state index in [4.69, 9.17) is 16.3 Å². The molecule has 0 radical (unpaired) electrons. The standard InChI is InChI=1S/C29H32ClFN8O4/c1-36-8-10-37(11-9-36)7-6-27(41)43-17-38-26(40)13-18(29(38)42)12-19-16-32-39-25(33-21-3-4-21)15-24(35-28(19)39)34-23-14-20(30)2-5-22(23)31/h2,5,12,14-16,21,33H,3-4,6-11,13,17H2,1H3,(H,34,35)/b18-12+. The van der Waals surface area contributed by atoms with E-state index in [9.17, 15) is 18.8 Å². The lowest BCUT2D eigenvalue weighted by molar-refractivity contribution is -0.155. The zero-order chi connectivity index (χ0) is 30.1. The number of hydrogen-bond acceptors (Lipinski definition) is 10. The lowest BCUT2D eigenvalue weighted by atomic mass is 10.1. The molecule has 2 saturated heterocycles. The fraction of sp³-hybridized carbons (Fsp3) is 0.414. The highest BCUT2D eigenvalue weighted by molar-refractivity contribution is 6.30. The minimum Gasteiger partial charge on any atom is -0.444 e. The molecule has 2 aliphatic heterocycles. The number of nitrogens with one attached hydrogen (secondary N) is 2. The molecule has 14 heteroatoms. The second-order valence-corrected chi connectivity index (χ2v) is 11.5. The SMILES string of the molecule is CN1CCN(CCC(=O)OCN2C(=O)C/C(=C\c3cnn4c(NC5CC5)cc(Nc5cc(Cl)ccc5F)nc34)C2=O)CC1. The molecule has 43 heavy (non-hydrogen) atoms. The Kier molecular flexibility index (Phi) is 8.28. The van der Waals surface area contributed by atoms with Crippen molar-refractivity contribution in [2.45, 2.75) is 31.7 Å². The molecule has 0 unspecified atom stereocenters. The number of anilines is 3. The summed E-state index contributed by atoms with van der Waals surface area (Å²) in [6.07, 6.45) is 5.18. The summed E-state index contributed by atoms with van der Waals surface area (Å²) in [7, 11) is 2.06. The monoisotopic (exact) mass is 610 g/mol. The molecule has 1 saturated carbocycles. The van der Waals surface area contributed by atoms with E-state index in [1.807, 2.05) is 0 Å². The van der Waals surface area contributed by atoms with Gasteiger partial charge in [-0.05, 0) is 44.2 Å². The molecule has 4 heterocycles. The van der Waals surface area contributed by atoms with Crippen molar-refractivity contribution < 1.29 is 23.5 Å². The van der Waals surface area contributed by atoms with Crippen LogP contribution in [-0.4, -0.2) is 99.6 Å². The van der Waals surface area contributed by atoms with Crippen LogP contribution in [0.4, 0.5) is 21.7 Å². The highest BCUT2D eigenvalue weighted by Gasteiger charge is 2.35. The molecule has 226 valence electrons. The molecule has 0 spiro atoms. The Labute approximate surface area is 252 Å². The van der Waals surface area contributed by atoms with Crippen LogP contribution in [-0.2, 0) is 19.1 Å². The molecule has 2 amide bonds. The van der Waals surface area contributed by atoms with Crippen molar-refractivity contribution in [3.05, 3.63) is 52.4 Å². The summed E-state index contributed by atoms with van der Waals surface area (Å²) in [5.41, 5.74) is 1.28. The van der Waals surface area contributed by atoms with Gasteiger partial charge in [-0.1, -0.05) is 11.6 Å². The van der Waals surface area contributed by atoms with Crippen molar-refractivity contribution in [2.75, 3.05) is 57.1 Å². The van der Waals surface area contributed by atoms with Gasteiger partial charge >= 0.3 is 5.97 Å². The van der Waals surface area contributed by atoms with Crippen LogP contribution in [0, 0.1) is 5.82 Å². The number of esters is 1. The lowest BCUT2D eigenvalue weighted by Gasteiger charge is -2.32. The molecule has 3 aromatic rings. The van der Waals surface area contributed by atoms with Crippen molar-refractivity contribution in [3.8, 4) is 0 Å². The maximum atomic E-state index is 14.4. The number of likely N-dealkylation sites (N-methyl/N-ethyl adjacent to an activating group) is 1. The van der Waals surface area contributed by atoms with Gasteiger partial charge in [0.05, 0.1) is 24.7 Å². The summed E-state index contributed by atoms with van der Waals surface area (Å²) in [5, 5.41) is 11.2. The van der Waals surface area contributed by atoms with Gasteiger partial charge in [-0.2, -0.15) is 9.61 Å². The third kappa shape index (κ3) is 6.79. The van der Waals surface area contributed by atoms with Crippen LogP contribution >= 0.6 is 11.6 Å². The number of piperazine rings is 1. The average Bonchev–Trinajstić information content (AvgIpc) is 3.65. The van der Waals surface area contributed by atoms with Crippen LogP contribution < -0.4 is 10.6 Å². The van der Waals surface area contributed by atoms with Crippen LogP contribution in [0.1, 0.15) is 31.2 Å². The summed E-state index contributed by atoms with van der Waals surface area (Å²) >= 11 is 6.06. The normalized spacial score (nSPS) is 19.0. The van der Waals surface area contributed by atoms with Crippen LogP contribution in [0.2, 0.25) is 5.02 Å². The summed E-state index contributed by atoms with van der Waals surface area (Å²) in [5.74, 6) is -0.966. The van der Waals surface area contributed by atoms with Crippen LogP contribution in [0.3, 0.4) is 0 Å². The zero-order valence-corrected chi connectivity index (χ0v) is 24.4. The summed E-state index contributed by atoms with van der Waals surface area (Å²) in [6, 6.07) is 6.20. The highest BCUT2D eigenvalue weighted by Crippen LogP contribution is 2.30. The van der Waals surface area contributed by atoms with Crippen LogP contribution in [0.25, 0.3) is 11.7 Å². The molecule has 1 aliphatic carbocycles. The van der Waals surface area contributed by atoms with Gasteiger partial charge in [0.15, 0.2) is 12.4 Å². The van der Waals surface area contributed by atoms with Gasteiger partial charge in [-0.15, -0.1) is 0 Å². The van der Waals surface area contributed by atoms with E-state index in [0.29, 0.717) is 40.5 Å².